The van der Waals surface area contributed by atoms with Gasteiger partial charge in [0.15, 0.2) is 0 Å². The number of rotatable bonds is 8. The number of aryl methyl sites for hydroxylation is 3. The van der Waals surface area contributed by atoms with Gasteiger partial charge in [-0.05, 0) is 53.9 Å². The topological polar surface area (TPSA) is 0 Å². The molecule has 0 saturated carbocycles. The van der Waals surface area contributed by atoms with E-state index in [-0.39, 0.29) is 0 Å². The molecule has 0 atom stereocenters. The summed E-state index contributed by atoms with van der Waals surface area (Å²) in [6.45, 7) is 20.7. The van der Waals surface area contributed by atoms with Crippen molar-refractivity contribution in [1.29, 1.82) is 0 Å². The van der Waals surface area contributed by atoms with Crippen LogP contribution in [0.15, 0.2) is 115 Å². The highest BCUT2D eigenvalue weighted by Gasteiger charge is 2.32. The van der Waals surface area contributed by atoms with Crippen LogP contribution >= 0.6 is 0 Å². The molecule has 0 aliphatic heterocycles. The molecule has 5 aromatic carbocycles. The molecule has 0 N–H and O–H groups in total. The minimum atomic E-state index is -1.37. The average molecular weight is 542 g/mol. The molecule has 0 radical (unpaired) electrons. The molecule has 0 aliphatic carbocycles. The van der Waals surface area contributed by atoms with Crippen molar-refractivity contribution < 1.29 is 4.48 Å². The molecule has 0 fully saturated rings. The Morgan fingerprint density at radius 2 is 0.805 bits per heavy atom. The Kier molecular flexibility index (Phi) is 9.89. The fraction of sp³-hybridized carbons (Fsp3) is 0.282. The lowest BCUT2D eigenvalue weighted by Gasteiger charge is -2.45. The van der Waals surface area contributed by atoms with E-state index in [1.807, 2.05) is 0 Å². The Bertz CT molecular complexity index is 1390. The number of nitrogens with zero attached hydrogens (tertiary/aromatic N) is 1. The summed E-state index contributed by atoms with van der Waals surface area (Å²) in [7, 11) is 0. The number of quaternary nitrogens is 1. The van der Waals surface area contributed by atoms with Crippen molar-refractivity contribution in [2.75, 3.05) is 26.2 Å². The van der Waals surface area contributed by atoms with Gasteiger partial charge in [0, 0.05) is 0 Å². The zero-order valence-corrected chi connectivity index (χ0v) is 26.3. The number of fused-ring (bicyclic) bond motifs is 1. The maximum Gasteiger partial charge on any atom is 0.108 e. The molecule has 0 aliphatic rings. The molecule has 0 unspecified atom stereocenters. The van der Waals surface area contributed by atoms with Crippen LogP contribution < -0.4 is 21.9 Å². The highest BCUT2D eigenvalue weighted by molar-refractivity contribution is 7.20. The van der Waals surface area contributed by atoms with Crippen LogP contribution in [-0.4, -0.2) is 36.8 Å². The Morgan fingerprint density at radius 1 is 0.439 bits per heavy atom. The van der Waals surface area contributed by atoms with Gasteiger partial charge in [0.05, 0.1) is 26.2 Å². The Morgan fingerprint density at radius 3 is 1.17 bits per heavy atom. The Hall–Kier alpha value is -3.62. The first-order chi connectivity index (χ1) is 19.8. The van der Waals surface area contributed by atoms with Gasteiger partial charge in [-0.3, -0.25) is 0 Å². The molecule has 41 heavy (non-hydrogen) atoms. The second-order valence-corrected chi connectivity index (χ2v) is 11.8. The molecule has 0 amide bonds. The van der Waals surface area contributed by atoms with Crippen LogP contribution in [-0.2, 0) is 0 Å². The lowest BCUT2D eigenvalue weighted by atomic mass is 9.12. The van der Waals surface area contributed by atoms with Gasteiger partial charge in [0.25, 0.3) is 0 Å². The van der Waals surface area contributed by atoms with Crippen molar-refractivity contribution in [2.24, 2.45) is 0 Å². The van der Waals surface area contributed by atoms with E-state index >= 15 is 0 Å². The van der Waals surface area contributed by atoms with E-state index in [2.05, 4.69) is 164 Å². The molecule has 0 bridgehead atoms. The van der Waals surface area contributed by atoms with Gasteiger partial charge in [-0.15, -0.1) is 0 Å². The van der Waals surface area contributed by atoms with Crippen molar-refractivity contribution in [3.05, 3.63) is 132 Å². The van der Waals surface area contributed by atoms with Crippen LogP contribution in [0.25, 0.3) is 10.8 Å². The van der Waals surface area contributed by atoms with Gasteiger partial charge < -0.3 is 4.48 Å². The first-order valence-electron chi connectivity index (χ1n) is 15.5. The van der Waals surface area contributed by atoms with Crippen molar-refractivity contribution >= 4 is 38.8 Å². The molecule has 0 aromatic heterocycles. The van der Waals surface area contributed by atoms with Crippen LogP contribution in [0, 0.1) is 20.8 Å². The van der Waals surface area contributed by atoms with Gasteiger partial charge in [-0.1, -0.05) is 137 Å². The van der Waals surface area contributed by atoms with Gasteiger partial charge in [-0.2, -0.15) is 21.9 Å². The maximum atomic E-state index is 2.34. The van der Waals surface area contributed by atoms with Crippen molar-refractivity contribution in [3.63, 3.8) is 0 Å². The molecule has 5 aromatic rings. The Balaban J connectivity index is 0.000000374. The second kappa shape index (κ2) is 13.4. The van der Waals surface area contributed by atoms with E-state index in [1.54, 1.807) is 0 Å². The highest BCUT2D eigenvalue weighted by Crippen LogP contribution is 2.18. The molecular weight excluding hydrogens is 493 g/mol. The van der Waals surface area contributed by atoms with Crippen molar-refractivity contribution in [1.82, 2.24) is 0 Å². The third kappa shape index (κ3) is 6.19. The smallest absolute Gasteiger partial charge is 0.108 e. The molecule has 2 heteroatoms. The summed E-state index contributed by atoms with van der Waals surface area (Å²) in [5, 5.41) is 2.60. The predicted octanol–water partition coefficient (Wildman–Crippen LogP) is 7.03. The summed E-state index contributed by atoms with van der Waals surface area (Å²) < 4.78 is 1.28. The summed E-state index contributed by atoms with van der Waals surface area (Å²) in [5.74, 6) is 0. The molecule has 212 valence electrons. The lowest BCUT2D eigenvalue weighted by Crippen LogP contribution is -2.74. The number of hydrogen-bond donors (Lipinski definition) is 0. The summed E-state index contributed by atoms with van der Waals surface area (Å²) >= 11 is 0. The fourth-order valence-electron chi connectivity index (χ4n) is 6.65. The molecule has 5 rings (SSSR count). The standard InChI is InChI=1S/C31H28B.C8H20N/c1-23-11-17-27(18-12-23)32(28-19-13-24(2)14-20-28,29-21-15-25(3)16-22-29)31-10-6-8-26-7-4-5-9-30(26)31;1-5-9(6-2,7-3)8-4/h4-22H,1-3H3;5-8H2,1-4H3/q-1;+1. The van der Waals surface area contributed by atoms with E-state index in [1.165, 1.54) is 80.0 Å². The van der Waals surface area contributed by atoms with E-state index in [0.29, 0.717) is 0 Å². The van der Waals surface area contributed by atoms with Crippen LogP contribution in [0.2, 0.25) is 0 Å². The molecular formula is C39H48BN. The lowest BCUT2D eigenvalue weighted by molar-refractivity contribution is -0.921. The number of hydrogen-bond acceptors (Lipinski definition) is 0. The highest BCUT2D eigenvalue weighted by atomic mass is 15.3. The summed E-state index contributed by atoms with van der Waals surface area (Å²) in [6, 6.07) is 43.0. The van der Waals surface area contributed by atoms with Gasteiger partial charge in [0.1, 0.15) is 6.15 Å². The zero-order valence-electron chi connectivity index (χ0n) is 26.3. The molecule has 0 spiro atoms. The van der Waals surface area contributed by atoms with E-state index < -0.39 is 6.15 Å². The minimum Gasteiger partial charge on any atom is -0.325 e. The van der Waals surface area contributed by atoms with Gasteiger partial charge in [-0.25, -0.2) is 0 Å². The zero-order chi connectivity index (χ0) is 29.5. The van der Waals surface area contributed by atoms with Crippen LogP contribution in [0.3, 0.4) is 0 Å². The van der Waals surface area contributed by atoms with Crippen LogP contribution in [0.5, 0.6) is 0 Å². The first-order valence-corrected chi connectivity index (χ1v) is 15.5. The average Bonchev–Trinajstić information content (AvgIpc) is 3.02. The van der Waals surface area contributed by atoms with Gasteiger partial charge in [0.2, 0.25) is 0 Å². The van der Waals surface area contributed by atoms with Crippen LogP contribution in [0.4, 0.5) is 0 Å². The molecule has 0 heterocycles. The monoisotopic (exact) mass is 541 g/mol. The number of benzene rings is 5. The quantitative estimate of drug-likeness (QED) is 0.146. The van der Waals surface area contributed by atoms with E-state index in [0.717, 1.165) is 0 Å². The predicted molar refractivity (Wildman–Crippen MR) is 184 cm³/mol. The first kappa shape index (κ1) is 30.3. The SMILES string of the molecule is CC[N+](CC)(CC)CC.Cc1ccc([B-](c2ccc(C)cc2)(c2ccc(C)cc2)c2cccc3ccccc23)cc1. The third-order valence-electron chi connectivity index (χ3n) is 9.71. The summed E-state index contributed by atoms with van der Waals surface area (Å²) in [5.41, 5.74) is 9.26. The maximum absolute atomic E-state index is 2.34. The van der Waals surface area contributed by atoms with Crippen LogP contribution in [0.1, 0.15) is 44.4 Å². The van der Waals surface area contributed by atoms with Gasteiger partial charge >= 0.3 is 0 Å². The summed E-state index contributed by atoms with van der Waals surface area (Å²) in [4.78, 5) is 0. The largest absolute Gasteiger partial charge is 0.325 e. The fourth-order valence-corrected chi connectivity index (χ4v) is 6.65. The van der Waals surface area contributed by atoms with E-state index in [9.17, 15) is 0 Å². The molecule has 0 saturated heterocycles. The second-order valence-electron chi connectivity index (χ2n) is 11.8. The Labute approximate surface area is 249 Å². The van der Waals surface area contributed by atoms with Crippen molar-refractivity contribution in [3.8, 4) is 0 Å². The van der Waals surface area contributed by atoms with Crippen molar-refractivity contribution in [2.45, 2.75) is 48.5 Å². The van der Waals surface area contributed by atoms with E-state index in [4.69, 9.17) is 0 Å². The normalized spacial score (nSPS) is 11.7. The molecule has 1 nitrogen and oxygen atoms in total. The third-order valence-corrected chi connectivity index (χ3v) is 9.71. The minimum absolute atomic E-state index is 1.28. The summed E-state index contributed by atoms with van der Waals surface area (Å²) in [6.07, 6.45) is -1.37.